The molecule has 0 aliphatic carbocycles. The van der Waals surface area contributed by atoms with Crippen molar-refractivity contribution in [2.75, 3.05) is 0 Å². The fourth-order valence-corrected chi connectivity index (χ4v) is 3.09. The molecule has 1 aromatic carbocycles. The van der Waals surface area contributed by atoms with Crippen LogP contribution in [-0.2, 0) is 4.79 Å². The second-order valence-corrected chi connectivity index (χ2v) is 7.27. The van der Waals surface area contributed by atoms with E-state index in [2.05, 4.69) is 11.7 Å². The second-order valence-electron chi connectivity index (χ2n) is 7.27. The molecule has 2 nitrogen and oxygen atoms in total. The summed E-state index contributed by atoms with van der Waals surface area (Å²) in [6, 6.07) is 0.343. The molecule has 1 aromatic rings. The number of hydrogen-bond donors (Lipinski definition) is 0. The van der Waals surface area contributed by atoms with E-state index >= 15 is 0 Å². The van der Waals surface area contributed by atoms with Gasteiger partial charge in [0.25, 0.3) is 0 Å². The normalized spacial score (nSPS) is 11.0. The lowest BCUT2D eigenvalue weighted by molar-refractivity contribution is -0.134. The summed E-state index contributed by atoms with van der Waals surface area (Å²) in [4.78, 5) is 11.6. The first-order chi connectivity index (χ1) is 13.5. The summed E-state index contributed by atoms with van der Waals surface area (Å²) in [5.74, 6) is -8.90. The van der Waals surface area contributed by atoms with E-state index in [1.165, 1.54) is 57.8 Å². The molecule has 0 bridgehead atoms. The van der Waals surface area contributed by atoms with Crippen LogP contribution in [0.25, 0.3) is 0 Å². The molecular weight excluding hydrogens is 372 g/mol. The Morgan fingerprint density at radius 2 is 1.18 bits per heavy atom. The monoisotopic (exact) mass is 404 g/mol. The Hall–Kier alpha value is -1.59. The third kappa shape index (κ3) is 9.56. The molecule has 0 unspecified atom stereocenters. The van der Waals surface area contributed by atoms with E-state index in [1.807, 2.05) is 0 Å². The minimum absolute atomic E-state index is 0.0256. The van der Waals surface area contributed by atoms with Crippen LogP contribution in [0.1, 0.15) is 96.8 Å². The van der Waals surface area contributed by atoms with Gasteiger partial charge in [0.2, 0.25) is 11.6 Å². The summed E-state index contributed by atoms with van der Waals surface area (Å²) >= 11 is 0. The van der Waals surface area contributed by atoms with Crippen LogP contribution in [0.4, 0.5) is 17.6 Å². The third-order valence-corrected chi connectivity index (χ3v) is 4.78. The summed E-state index contributed by atoms with van der Waals surface area (Å²) in [7, 11) is 0. The molecule has 0 aliphatic heterocycles. The first-order valence-corrected chi connectivity index (χ1v) is 10.5. The van der Waals surface area contributed by atoms with Crippen LogP contribution in [0, 0.1) is 23.3 Å². The van der Waals surface area contributed by atoms with Crippen molar-refractivity contribution in [1.29, 1.82) is 0 Å². The maximum absolute atomic E-state index is 13.4. The molecule has 0 amide bonds. The highest BCUT2D eigenvalue weighted by Crippen LogP contribution is 2.25. The lowest BCUT2D eigenvalue weighted by Gasteiger charge is -2.07. The molecule has 0 radical (unpaired) electrons. The largest absolute Gasteiger partial charge is 0.423 e. The van der Waals surface area contributed by atoms with E-state index in [9.17, 15) is 22.4 Å². The Bertz CT molecular complexity index is 590. The first-order valence-electron chi connectivity index (χ1n) is 10.5. The molecule has 1 rings (SSSR count). The number of rotatable bonds is 15. The van der Waals surface area contributed by atoms with Crippen LogP contribution >= 0.6 is 0 Å². The Balaban J connectivity index is 2.04. The Morgan fingerprint density at radius 3 is 1.68 bits per heavy atom. The quantitative estimate of drug-likeness (QED) is 0.0750. The van der Waals surface area contributed by atoms with Crippen LogP contribution in [0.3, 0.4) is 0 Å². The minimum Gasteiger partial charge on any atom is -0.423 e. The van der Waals surface area contributed by atoms with Crippen molar-refractivity contribution in [3.8, 4) is 5.75 Å². The van der Waals surface area contributed by atoms with Crippen molar-refractivity contribution in [1.82, 2.24) is 0 Å². The summed E-state index contributed by atoms with van der Waals surface area (Å²) in [5, 5.41) is 0. The molecule has 0 fully saturated rings. The zero-order chi connectivity index (χ0) is 20.8. The number of benzene rings is 1. The molecule has 0 spiro atoms. The van der Waals surface area contributed by atoms with E-state index < -0.39 is 35.0 Å². The van der Waals surface area contributed by atoms with Gasteiger partial charge in [-0.1, -0.05) is 84.0 Å². The maximum Gasteiger partial charge on any atom is 0.311 e. The van der Waals surface area contributed by atoms with Crippen molar-refractivity contribution in [3.05, 3.63) is 29.3 Å². The molecule has 0 N–H and O–H groups in total. The molecule has 0 heterocycles. The van der Waals surface area contributed by atoms with Gasteiger partial charge < -0.3 is 4.74 Å². The highest BCUT2D eigenvalue weighted by Gasteiger charge is 2.21. The fourth-order valence-electron chi connectivity index (χ4n) is 3.09. The molecule has 6 heteroatoms. The maximum atomic E-state index is 13.4. The van der Waals surface area contributed by atoms with E-state index in [1.54, 1.807) is 0 Å². The number of ether oxygens (including phenoxy) is 1. The van der Waals surface area contributed by atoms with Crippen molar-refractivity contribution in [2.45, 2.75) is 96.8 Å². The second kappa shape index (κ2) is 14.4. The number of halogens is 4. The third-order valence-electron chi connectivity index (χ3n) is 4.78. The summed E-state index contributed by atoms with van der Waals surface area (Å²) < 4.78 is 57.1. The standard InChI is InChI=1S/C22H32F4O2/c1-2-3-4-5-6-7-8-9-10-11-12-13-14-15-19(27)28-18-16-17(23)20(24)22(26)21(18)25/h16H,2-15H2,1H3. The van der Waals surface area contributed by atoms with Crippen molar-refractivity contribution in [3.63, 3.8) is 0 Å². The number of unbranched alkanes of at least 4 members (excludes halogenated alkanes) is 12. The average Bonchev–Trinajstić information content (AvgIpc) is 2.68. The smallest absolute Gasteiger partial charge is 0.311 e. The Kier molecular flexibility index (Phi) is 12.6. The van der Waals surface area contributed by atoms with Gasteiger partial charge in [-0.3, -0.25) is 4.79 Å². The van der Waals surface area contributed by atoms with Crippen molar-refractivity contribution >= 4 is 5.97 Å². The van der Waals surface area contributed by atoms with Gasteiger partial charge in [-0.2, -0.15) is 4.39 Å². The van der Waals surface area contributed by atoms with Gasteiger partial charge in [-0.15, -0.1) is 0 Å². The molecule has 28 heavy (non-hydrogen) atoms. The van der Waals surface area contributed by atoms with Crippen LogP contribution in [0.15, 0.2) is 6.07 Å². The minimum atomic E-state index is -1.98. The zero-order valence-corrected chi connectivity index (χ0v) is 16.8. The van der Waals surface area contributed by atoms with E-state index in [0.29, 0.717) is 12.5 Å². The lowest BCUT2D eigenvalue weighted by Crippen LogP contribution is -2.10. The fraction of sp³-hybridized carbons (Fsp3) is 0.682. The molecule has 0 aliphatic rings. The van der Waals surface area contributed by atoms with Crippen molar-refractivity contribution in [2.24, 2.45) is 0 Å². The highest BCUT2D eigenvalue weighted by molar-refractivity contribution is 5.72. The molecule has 0 atom stereocenters. The molecular formula is C22H32F4O2. The van der Waals surface area contributed by atoms with Gasteiger partial charge in [0.1, 0.15) is 0 Å². The number of esters is 1. The van der Waals surface area contributed by atoms with Crippen molar-refractivity contribution < 1.29 is 27.1 Å². The SMILES string of the molecule is CCCCCCCCCCCCCCCC(=O)Oc1cc(F)c(F)c(F)c1F. The number of carbonyl (C=O) groups excluding carboxylic acids is 1. The molecule has 160 valence electrons. The van der Waals surface area contributed by atoms with Crippen LogP contribution in [0.2, 0.25) is 0 Å². The van der Waals surface area contributed by atoms with Gasteiger partial charge in [-0.25, -0.2) is 13.2 Å². The highest BCUT2D eigenvalue weighted by atomic mass is 19.2. The molecule has 0 saturated carbocycles. The first kappa shape index (κ1) is 24.4. The molecule has 0 saturated heterocycles. The zero-order valence-electron chi connectivity index (χ0n) is 16.8. The lowest BCUT2D eigenvalue weighted by atomic mass is 10.0. The summed E-state index contributed by atoms with van der Waals surface area (Å²) in [6.45, 7) is 2.22. The average molecular weight is 404 g/mol. The van der Waals surface area contributed by atoms with E-state index in [0.717, 1.165) is 19.3 Å². The van der Waals surface area contributed by atoms with E-state index in [4.69, 9.17) is 0 Å². The Labute approximate surface area is 165 Å². The summed E-state index contributed by atoms with van der Waals surface area (Å²) in [6.07, 6.45) is 15.1. The number of hydrogen-bond acceptors (Lipinski definition) is 2. The predicted octanol–water partition coefficient (Wildman–Crippen LogP) is 7.63. The van der Waals surface area contributed by atoms with Crippen LogP contribution < -0.4 is 4.74 Å². The van der Waals surface area contributed by atoms with E-state index in [-0.39, 0.29) is 6.42 Å². The predicted molar refractivity (Wildman–Crippen MR) is 102 cm³/mol. The van der Waals surface area contributed by atoms with Gasteiger partial charge >= 0.3 is 5.97 Å². The van der Waals surface area contributed by atoms with Gasteiger partial charge in [0.15, 0.2) is 17.4 Å². The van der Waals surface area contributed by atoms with Gasteiger partial charge in [0, 0.05) is 12.5 Å². The number of carbonyl (C=O) groups is 1. The Morgan fingerprint density at radius 1 is 0.714 bits per heavy atom. The topological polar surface area (TPSA) is 26.3 Å². The van der Waals surface area contributed by atoms with Gasteiger partial charge in [-0.05, 0) is 6.42 Å². The van der Waals surface area contributed by atoms with Crippen LogP contribution in [-0.4, -0.2) is 5.97 Å². The molecule has 0 aromatic heterocycles. The summed E-state index contributed by atoms with van der Waals surface area (Å²) in [5.41, 5.74) is 0. The van der Waals surface area contributed by atoms with Crippen LogP contribution in [0.5, 0.6) is 5.75 Å². The van der Waals surface area contributed by atoms with Gasteiger partial charge in [0.05, 0.1) is 0 Å².